The molecule has 1 amide bonds. The Morgan fingerprint density at radius 3 is 2.92 bits per heavy atom. The molecule has 2 aliphatic rings. The molecule has 1 aromatic carbocycles. The molecule has 0 bridgehead atoms. The van der Waals surface area contributed by atoms with Crippen molar-refractivity contribution in [2.24, 2.45) is 10.7 Å². The first-order valence-corrected chi connectivity index (χ1v) is 13.0. The van der Waals surface area contributed by atoms with Gasteiger partial charge in [-0.2, -0.15) is 0 Å². The molecular weight excluding hydrogens is 512 g/mol. The van der Waals surface area contributed by atoms with E-state index >= 15 is 0 Å². The Morgan fingerprint density at radius 2 is 2.12 bits per heavy atom. The van der Waals surface area contributed by atoms with Crippen molar-refractivity contribution in [1.29, 1.82) is 0 Å². The van der Waals surface area contributed by atoms with Gasteiger partial charge < -0.3 is 35.1 Å². The van der Waals surface area contributed by atoms with E-state index in [-0.39, 0.29) is 29.6 Å². The first-order valence-electron chi connectivity index (χ1n) is 13.0. The molecule has 2 aliphatic heterocycles. The standard InChI is InChI=1S/C29H32N6O5/c1-29(2,33-17-20(36)18-38-24-9-4-3-7-21(24)23-11-14-39-34-23)15-19-16-32-27-25(10-6-13-35(19)27)40-28-22(26(30)37)8-5-12-31-28/h3-14,19-20,33,36H,15-18H2,1-2H3,(H2,30,37)/t19?,20-/m0/s1. The molecule has 208 valence electrons. The largest absolute Gasteiger partial charge is 0.490 e. The fourth-order valence-electron chi connectivity index (χ4n) is 4.69. The Kier molecular flexibility index (Phi) is 7.94. The number of amides is 1. The number of aromatic nitrogens is 2. The highest BCUT2D eigenvalue weighted by atomic mass is 16.5. The minimum atomic E-state index is -0.726. The van der Waals surface area contributed by atoms with Crippen LogP contribution in [-0.4, -0.2) is 69.3 Å². The molecule has 0 aliphatic carbocycles. The van der Waals surface area contributed by atoms with Gasteiger partial charge in [0.25, 0.3) is 5.91 Å². The molecule has 0 saturated carbocycles. The van der Waals surface area contributed by atoms with Gasteiger partial charge >= 0.3 is 0 Å². The second kappa shape index (κ2) is 11.7. The molecule has 11 nitrogen and oxygen atoms in total. The summed E-state index contributed by atoms with van der Waals surface area (Å²) in [6.07, 6.45) is 8.69. The number of aliphatic imine (C=N–C) groups is 1. The Hall–Kier alpha value is -4.48. The average Bonchev–Trinajstić information content (AvgIpc) is 3.62. The van der Waals surface area contributed by atoms with E-state index in [1.54, 1.807) is 30.5 Å². The fraction of sp³-hybridized carbons (Fsp3) is 0.310. The number of pyridine rings is 1. The number of carbonyl (C=O) groups is 1. The molecule has 3 aromatic rings. The monoisotopic (exact) mass is 544 g/mol. The zero-order valence-corrected chi connectivity index (χ0v) is 22.4. The summed E-state index contributed by atoms with van der Waals surface area (Å²) in [6, 6.07) is 12.5. The van der Waals surface area contributed by atoms with Gasteiger partial charge in [0.1, 0.15) is 36.0 Å². The van der Waals surface area contributed by atoms with Gasteiger partial charge in [-0.15, -0.1) is 0 Å². The molecule has 0 saturated heterocycles. The van der Waals surface area contributed by atoms with Gasteiger partial charge in [0.15, 0.2) is 11.6 Å². The van der Waals surface area contributed by atoms with E-state index in [0.29, 0.717) is 36.1 Å². The van der Waals surface area contributed by atoms with Crippen LogP contribution in [0.3, 0.4) is 0 Å². The van der Waals surface area contributed by atoms with E-state index in [9.17, 15) is 9.90 Å². The number of hydrogen-bond donors (Lipinski definition) is 3. The van der Waals surface area contributed by atoms with E-state index in [1.807, 2.05) is 36.5 Å². The van der Waals surface area contributed by atoms with Crippen molar-refractivity contribution in [2.75, 3.05) is 19.7 Å². The van der Waals surface area contributed by atoms with Gasteiger partial charge in [0, 0.05) is 36.1 Å². The molecule has 2 atom stereocenters. The highest BCUT2D eigenvalue weighted by Crippen LogP contribution is 2.29. The lowest BCUT2D eigenvalue weighted by atomic mass is 9.94. The number of aliphatic hydroxyl groups is 1. The fourth-order valence-corrected chi connectivity index (χ4v) is 4.69. The third kappa shape index (κ3) is 6.22. The minimum Gasteiger partial charge on any atom is -0.490 e. The van der Waals surface area contributed by atoms with Gasteiger partial charge in [-0.25, -0.2) is 4.98 Å². The van der Waals surface area contributed by atoms with Crippen LogP contribution in [-0.2, 0) is 0 Å². The van der Waals surface area contributed by atoms with Crippen molar-refractivity contribution in [2.45, 2.75) is 38.0 Å². The van der Waals surface area contributed by atoms with Crippen LogP contribution in [0.25, 0.3) is 11.3 Å². The Morgan fingerprint density at radius 1 is 1.27 bits per heavy atom. The van der Waals surface area contributed by atoms with E-state index in [4.69, 9.17) is 24.7 Å². The molecule has 0 radical (unpaired) electrons. The van der Waals surface area contributed by atoms with Crippen LogP contribution >= 0.6 is 0 Å². The number of hydrogen-bond acceptors (Lipinski definition) is 10. The highest BCUT2D eigenvalue weighted by molar-refractivity contribution is 6.01. The van der Waals surface area contributed by atoms with E-state index in [2.05, 4.69) is 34.2 Å². The molecule has 40 heavy (non-hydrogen) atoms. The smallest absolute Gasteiger partial charge is 0.254 e. The third-order valence-electron chi connectivity index (χ3n) is 6.64. The third-order valence-corrected chi connectivity index (χ3v) is 6.64. The number of aliphatic hydroxyl groups excluding tert-OH is 1. The summed E-state index contributed by atoms with van der Waals surface area (Å²) < 4.78 is 16.8. The van der Waals surface area contributed by atoms with E-state index in [0.717, 1.165) is 12.0 Å². The van der Waals surface area contributed by atoms with Crippen LogP contribution < -0.4 is 20.5 Å². The molecule has 1 unspecified atom stereocenters. The number of nitrogens with two attached hydrogens (primary N) is 1. The van der Waals surface area contributed by atoms with Gasteiger partial charge in [-0.1, -0.05) is 17.3 Å². The number of para-hydroxylation sites is 1. The number of nitrogens with one attached hydrogen (secondary N) is 1. The average molecular weight is 545 g/mol. The van der Waals surface area contributed by atoms with Crippen molar-refractivity contribution in [3.63, 3.8) is 0 Å². The van der Waals surface area contributed by atoms with Gasteiger partial charge in [0.2, 0.25) is 5.88 Å². The number of carbonyl (C=O) groups excluding carboxylic acids is 1. The van der Waals surface area contributed by atoms with Crippen LogP contribution in [0.5, 0.6) is 11.6 Å². The highest BCUT2D eigenvalue weighted by Gasteiger charge is 2.35. The van der Waals surface area contributed by atoms with Gasteiger partial charge in [-0.05, 0) is 56.7 Å². The predicted octanol–water partition coefficient (Wildman–Crippen LogP) is 2.91. The number of β-amino-alcohol motifs (C(OH)–C–C–N with tert-alkyl or cyclic N) is 1. The maximum absolute atomic E-state index is 11.8. The minimum absolute atomic E-state index is 0.0723. The van der Waals surface area contributed by atoms with Crippen LogP contribution in [0.2, 0.25) is 0 Å². The molecule has 2 aromatic heterocycles. The molecule has 4 N–H and O–H groups in total. The number of allylic oxidation sites excluding steroid dienone is 2. The van der Waals surface area contributed by atoms with Crippen LogP contribution in [0.1, 0.15) is 30.6 Å². The van der Waals surface area contributed by atoms with Crippen molar-refractivity contribution in [3.05, 3.63) is 84.6 Å². The summed E-state index contributed by atoms with van der Waals surface area (Å²) in [6.45, 7) is 5.22. The molecule has 0 fully saturated rings. The van der Waals surface area contributed by atoms with Crippen molar-refractivity contribution >= 4 is 11.7 Å². The molecule has 0 spiro atoms. The van der Waals surface area contributed by atoms with E-state index < -0.39 is 12.0 Å². The number of nitrogens with zero attached hydrogens (tertiary/aromatic N) is 4. The van der Waals surface area contributed by atoms with Crippen LogP contribution in [0.4, 0.5) is 0 Å². The van der Waals surface area contributed by atoms with Crippen molar-refractivity contribution < 1.29 is 23.9 Å². The van der Waals surface area contributed by atoms with Crippen molar-refractivity contribution in [3.8, 4) is 22.9 Å². The predicted molar refractivity (Wildman–Crippen MR) is 149 cm³/mol. The number of benzene rings is 1. The topological polar surface area (TPSA) is 148 Å². The molecular formula is C29H32N6O5. The zero-order chi connectivity index (χ0) is 28.1. The number of amidine groups is 1. The molecule has 4 heterocycles. The van der Waals surface area contributed by atoms with Gasteiger partial charge in [-0.3, -0.25) is 9.79 Å². The Labute approximate surface area is 232 Å². The number of primary amides is 1. The lowest BCUT2D eigenvalue weighted by Crippen LogP contribution is -2.49. The van der Waals surface area contributed by atoms with Crippen LogP contribution in [0, 0.1) is 0 Å². The second-order valence-electron chi connectivity index (χ2n) is 10.2. The Balaban J connectivity index is 1.14. The maximum atomic E-state index is 11.8. The number of fused-ring (bicyclic) bond motifs is 1. The zero-order valence-electron chi connectivity index (χ0n) is 22.4. The van der Waals surface area contributed by atoms with E-state index in [1.165, 1.54) is 6.26 Å². The Bertz CT molecular complexity index is 1430. The molecule has 5 rings (SSSR count). The maximum Gasteiger partial charge on any atom is 0.254 e. The summed E-state index contributed by atoms with van der Waals surface area (Å²) in [5.74, 6) is 1.32. The van der Waals surface area contributed by atoms with Gasteiger partial charge in [0.05, 0.1) is 12.6 Å². The summed E-state index contributed by atoms with van der Waals surface area (Å²) in [7, 11) is 0. The first-order chi connectivity index (χ1) is 19.3. The summed E-state index contributed by atoms with van der Waals surface area (Å²) >= 11 is 0. The lowest BCUT2D eigenvalue weighted by molar-refractivity contribution is 0.0968. The summed E-state index contributed by atoms with van der Waals surface area (Å²) in [5.41, 5.74) is 6.83. The summed E-state index contributed by atoms with van der Waals surface area (Å²) in [4.78, 5) is 22.7. The lowest BCUT2D eigenvalue weighted by Gasteiger charge is -2.34. The van der Waals surface area contributed by atoms with Crippen molar-refractivity contribution in [1.82, 2.24) is 20.4 Å². The second-order valence-corrected chi connectivity index (χ2v) is 10.2. The van der Waals surface area contributed by atoms with Crippen LogP contribution in [0.15, 0.2) is 88.6 Å². The number of ether oxygens (including phenoxy) is 2. The SMILES string of the molecule is CC(C)(CC1CN=C2C(Oc3ncccc3C(N)=O)=CC=CN21)NC[C@H](O)COc1ccccc1-c1ccon1. The summed E-state index contributed by atoms with van der Waals surface area (Å²) in [5, 5.41) is 18.1. The first kappa shape index (κ1) is 27.1. The number of rotatable bonds is 12. The normalized spacial score (nSPS) is 17.2. The molecule has 11 heteroatoms. The quantitative estimate of drug-likeness (QED) is 0.313.